The number of hydrogen-bond donors (Lipinski definition) is 1. The Hall–Kier alpha value is -0.440. The second-order valence-electron chi connectivity index (χ2n) is 5.16. The zero-order valence-corrected chi connectivity index (χ0v) is 12.4. The van der Waals surface area contributed by atoms with Gasteiger partial charge in [0.05, 0.1) is 6.07 Å². The van der Waals surface area contributed by atoms with E-state index in [1.807, 2.05) is 6.92 Å². The summed E-state index contributed by atoms with van der Waals surface area (Å²) in [6.45, 7) is 7.89. The van der Waals surface area contributed by atoms with Crippen molar-refractivity contribution >= 4 is 10.8 Å². The van der Waals surface area contributed by atoms with Gasteiger partial charge in [-0.3, -0.25) is 9.53 Å². The van der Waals surface area contributed by atoms with E-state index in [1.54, 1.807) is 0 Å². The Kier molecular flexibility index (Phi) is 6.83. The molecule has 0 bridgehead atoms. The Morgan fingerprint density at radius 2 is 2.11 bits per heavy atom. The molecular formula is C13H25N3OS. The fourth-order valence-electron chi connectivity index (χ4n) is 2.14. The molecule has 1 unspecified atom stereocenters. The lowest BCUT2D eigenvalue weighted by Crippen LogP contribution is -2.43. The summed E-state index contributed by atoms with van der Waals surface area (Å²) in [6, 6.07) is 2.38. The molecule has 1 N–H and O–H groups in total. The van der Waals surface area contributed by atoms with E-state index in [2.05, 4.69) is 23.2 Å². The summed E-state index contributed by atoms with van der Waals surface area (Å²) in [6.07, 6.45) is 2.95. The third-order valence-electron chi connectivity index (χ3n) is 3.43. The molecule has 1 heterocycles. The van der Waals surface area contributed by atoms with Crippen LogP contribution in [0.25, 0.3) is 0 Å². The van der Waals surface area contributed by atoms with Crippen LogP contribution in [0.4, 0.5) is 0 Å². The quantitative estimate of drug-likeness (QED) is 0.754. The molecular weight excluding hydrogens is 246 g/mol. The van der Waals surface area contributed by atoms with Crippen LogP contribution < -0.4 is 5.32 Å². The SMILES string of the molecule is CCCNC(C)(C#N)CCCN1CCS(=O)CC1. The normalized spacial score (nSPS) is 21.4. The van der Waals surface area contributed by atoms with Crippen molar-refractivity contribution in [1.29, 1.82) is 5.26 Å². The van der Waals surface area contributed by atoms with E-state index >= 15 is 0 Å². The van der Waals surface area contributed by atoms with Gasteiger partial charge in [0.25, 0.3) is 0 Å². The fraction of sp³-hybridized carbons (Fsp3) is 0.923. The largest absolute Gasteiger partial charge is 0.302 e. The highest BCUT2D eigenvalue weighted by Gasteiger charge is 2.23. The van der Waals surface area contributed by atoms with Gasteiger partial charge in [0.2, 0.25) is 0 Å². The van der Waals surface area contributed by atoms with Gasteiger partial charge in [-0.25, -0.2) is 0 Å². The van der Waals surface area contributed by atoms with Gasteiger partial charge in [-0.2, -0.15) is 5.26 Å². The minimum atomic E-state index is -0.596. The van der Waals surface area contributed by atoms with Crippen molar-refractivity contribution in [1.82, 2.24) is 10.2 Å². The van der Waals surface area contributed by atoms with Crippen LogP contribution in [0.5, 0.6) is 0 Å². The van der Waals surface area contributed by atoms with Crippen molar-refractivity contribution in [3.05, 3.63) is 0 Å². The molecule has 5 heteroatoms. The third-order valence-corrected chi connectivity index (χ3v) is 4.71. The molecule has 0 aromatic rings. The minimum absolute atomic E-state index is 0.394. The third kappa shape index (κ3) is 5.47. The van der Waals surface area contributed by atoms with Gasteiger partial charge in [0, 0.05) is 35.4 Å². The van der Waals surface area contributed by atoms with Crippen LogP contribution in [0.2, 0.25) is 0 Å². The predicted molar refractivity (Wildman–Crippen MR) is 75.9 cm³/mol. The lowest BCUT2D eigenvalue weighted by Gasteiger charge is -2.28. The molecule has 1 aliphatic rings. The molecule has 0 radical (unpaired) electrons. The standard InChI is InChI=1S/C13H25N3OS/c1-3-6-15-13(2,12-14)5-4-7-16-8-10-18(17)11-9-16/h15H,3-11H2,1-2H3. The van der Waals surface area contributed by atoms with Gasteiger partial charge in [-0.15, -0.1) is 0 Å². The van der Waals surface area contributed by atoms with Crippen LogP contribution >= 0.6 is 0 Å². The molecule has 0 aromatic heterocycles. The first-order chi connectivity index (χ1) is 8.59. The van der Waals surface area contributed by atoms with Crippen LogP contribution in [0, 0.1) is 11.3 Å². The van der Waals surface area contributed by atoms with E-state index in [0.717, 1.165) is 56.9 Å². The molecule has 18 heavy (non-hydrogen) atoms. The van der Waals surface area contributed by atoms with E-state index in [9.17, 15) is 9.47 Å². The lowest BCUT2D eigenvalue weighted by atomic mass is 9.97. The summed E-state index contributed by atoms with van der Waals surface area (Å²) in [5, 5.41) is 12.5. The van der Waals surface area contributed by atoms with E-state index in [4.69, 9.17) is 0 Å². The van der Waals surface area contributed by atoms with Crippen LogP contribution in [0.3, 0.4) is 0 Å². The van der Waals surface area contributed by atoms with Crippen molar-refractivity contribution < 1.29 is 4.21 Å². The molecule has 104 valence electrons. The molecule has 1 aliphatic heterocycles. The van der Waals surface area contributed by atoms with E-state index in [-0.39, 0.29) is 0 Å². The summed E-state index contributed by atoms with van der Waals surface area (Å²) in [5.41, 5.74) is -0.394. The van der Waals surface area contributed by atoms with Gasteiger partial charge in [0.15, 0.2) is 0 Å². The van der Waals surface area contributed by atoms with Crippen molar-refractivity contribution in [3.8, 4) is 6.07 Å². The smallest absolute Gasteiger partial charge is 0.103 e. The van der Waals surface area contributed by atoms with Gasteiger partial charge in [-0.1, -0.05) is 6.92 Å². The molecule has 4 nitrogen and oxygen atoms in total. The van der Waals surface area contributed by atoms with Crippen molar-refractivity contribution in [2.45, 2.75) is 38.6 Å². The Morgan fingerprint density at radius 1 is 1.44 bits per heavy atom. The fourth-order valence-corrected chi connectivity index (χ4v) is 3.27. The van der Waals surface area contributed by atoms with Crippen molar-refractivity contribution in [2.75, 3.05) is 37.7 Å². The van der Waals surface area contributed by atoms with Gasteiger partial charge < -0.3 is 4.90 Å². The Balaban J connectivity index is 2.23. The highest BCUT2D eigenvalue weighted by Crippen LogP contribution is 2.12. The van der Waals surface area contributed by atoms with Gasteiger partial charge in [0.1, 0.15) is 5.54 Å². The van der Waals surface area contributed by atoms with Gasteiger partial charge in [-0.05, 0) is 39.3 Å². The maximum Gasteiger partial charge on any atom is 0.103 e. The molecule has 0 aliphatic carbocycles. The zero-order chi connectivity index (χ0) is 13.4. The zero-order valence-electron chi connectivity index (χ0n) is 11.6. The second-order valence-corrected chi connectivity index (χ2v) is 6.86. The van der Waals surface area contributed by atoms with Gasteiger partial charge >= 0.3 is 0 Å². The molecule has 1 saturated heterocycles. The summed E-state index contributed by atoms with van der Waals surface area (Å²) < 4.78 is 11.2. The average molecular weight is 271 g/mol. The second kappa shape index (κ2) is 7.88. The Morgan fingerprint density at radius 3 is 2.67 bits per heavy atom. The van der Waals surface area contributed by atoms with Crippen molar-refractivity contribution in [2.24, 2.45) is 0 Å². The minimum Gasteiger partial charge on any atom is -0.302 e. The molecule has 1 rings (SSSR count). The molecule has 0 spiro atoms. The predicted octanol–water partition coefficient (Wildman–Crippen LogP) is 1.11. The molecule has 0 amide bonds. The van der Waals surface area contributed by atoms with E-state index < -0.39 is 16.3 Å². The highest BCUT2D eigenvalue weighted by molar-refractivity contribution is 7.85. The first-order valence-electron chi connectivity index (χ1n) is 6.83. The lowest BCUT2D eigenvalue weighted by molar-refractivity contribution is 0.278. The first kappa shape index (κ1) is 15.6. The van der Waals surface area contributed by atoms with E-state index in [1.165, 1.54) is 0 Å². The van der Waals surface area contributed by atoms with Crippen LogP contribution in [-0.4, -0.2) is 52.3 Å². The van der Waals surface area contributed by atoms with Crippen LogP contribution in [0.15, 0.2) is 0 Å². The van der Waals surface area contributed by atoms with Crippen molar-refractivity contribution in [3.63, 3.8) is 0 Å². The van der Waals surface area contributed by atoms with Crippen LogP contribution in [-0.2, 0) is 10.8 Å². The highest BCUT2D eigenvalue weighted by atomic mass is 32.2. The summed E-state index contributed by atoms with van der Waals surface area (Å²) in [4.78, 5) is 2.36. The molecule has 0 aromatic carbocycles. The monoisotopic (exact) mass is 271 g/mol. The Bertz CT molecular complexity index is 306. The number of nitrogens with zero attached hydrogens (tertiary/aromatic N) is 2. The van der Waals surface area contributed by atoms with E-state index in [0.29, 0.717) is 0 Å². The van der Waals surface area contributed by atoms with Crippen LogP contribution in [0.1, 0.15) is 33.1 Å². The Labute approximate surface area is 113 Å². The number of hydrogen-bond acceptors (Lipinski definition) is 4. The average Bonchev–Trinajstić information content (AvgIpc) is 2.39. The molecule has 1 atom stereocenters. The maximum atomic E-state index is 11.2. The summed E-state index contributed by atoms with van der Waals surface area (Å²) in [7, 11) is -0.596. The number of nitrogens with one attached hydrogen (secondary N) is 1. The maximum absolute atomic E-state index is 11.2. The summed E-state index contributed by atoms with van der Waals surface area (Å²) in [5.74, 6) is 1.62. The molecule has 1 fully saturated rings. The number of nitriles is 1. The first-order valence-corrected chi connectivity index (χ1v) is 8.32. The summed E-state index contributed by atoms with van der Waals surface area (Å²) >= 11 is 0. The molecule has 0 saturated carbocycles. The number of rotatable bonds is 7. The topological polar surface area (TPSA) is 56.1 Å².